The Hall–Kier alpha value is -4.01. The number of hydrogen-bond acceptors (Lipinski definition) is 7. The molecule has 0 unspecified atom stereocenters. The molecule has 0 saturated carbocycles. The van der Waals surface area contributed by atoms with Gasteiger partial charge in [0.1, 0.15) is 11.2 Å². The monoisotopic (exact) mass is 352 g/mol. The number of nitro benzene ring substituents is 2. The van der Waals surface area contributed by atoms with E-state index >= 15 is 0 Å². The Kier molecular flexibility index (Phi) is 3.29. The largest absolute Gasteiger partial charge is 0.452 e. The lowest BCUT2D eigenvalue weighted by Gasteiger charge is -1.91. The van der Waals surface area contributed by atoms with Crippen LogP contribution in [0.1, 0.15) is 16.3 Å². The summed E-state index contributed by atoms with van der Waals surface area (Å²) in [6.07, 6.45) is 0. The van der Waals surface area contributed by atoms with Crippen LogP contribution in [0.15, 0.2) is 57.4 Å². The Morgan fingerprint density at radius 2 is 1.15 bits per heavy atom. The quantitative estimate of drug-likeness (QED) is 0.305. The average Bonchev–Trinajstić information content (AvgIpc) is 3.23. The van der Waals surface area contributed by atoms with Gasteiger partial charge in [-0.3, -0.25) is 25.0 Å². The van der Waals surface area contributed by atoms with Crippen LogP contribution >= 0.6 is 0 Å². The van der Waals surface area contributed by atoms with Gasteiger partial charge in [0.2, 0.25) is 0 Å². The highest BCUT2D eigenvalue weighted by molar-refractivity contribution is 6.09. The molecule has 0 atom stereocenters. The normalized spacial score (nSPS) is 11.1. The molecule has 0 saturated heterocycles. The topological polar surface area (TPSA) is 130 Å². The van der Waals surface area contributed by atoms with Gasteiger partial charge in [-0.05, 0) is 24.3 Å². The highest BCUT2D eigenvalue weighted by atomic mass is 16.6. The number of hydrogen-bond donors (Lipinski definition) is 0. The van der Waals surface area contributed by atoms with E-state index in [4.69, 9.17) is 8.83 Å². The molecule has 0 aliphatic carbocycles. The molecule has 0 radical (unpaired) electrons. The molecule has 0 aliphatic heterocycles. The van der Waals surface area contributed by atoms with Crippen molar-refractivity contribution in [2.24, 2.45) is 0 Å². The summed E-state index contributed by atoms with van der Waals surface area (Å²) in [4.78, 5) is 33.1. The number of rotatable bonds is 4. The molecule has 0 aliphatic rings. The molecule has 0 amide bonds. The second-order valence-corrected chi connectivity index (χ2v) is 5.51. The summed E-state index contributed by atoms with van der Waals surface area (Å²) in [5, 5.41) is 22.5. The first-order chi connectivity index (χ1) is 12.4. The number of non-ortho nitro benzene ring substituents is 2. The number of carbonyl (C=O) groups is 1. The van der Waals surface area contributed by atoms with Crippen molar-refractivity contribution in [1.82, 2.24) is 0 Å². The minimum Gasteiger partial charge on any atom is -0.452 e. The van der Waals surface area contributed by atoms with Gasteiger partial charge in [0, 0.05) is 35.0 Å². The van der Waals surface area contributed by atoms with E-state index in [1.54, 1.807) is 0 Å². The molecule has 26 heavy (non-hydrogen) atoms. The number of furan rings is 2. The maximum absolute atomic E-state index is 12.6. The van der Waals surface area contributed by atoms with Crippen molar-refractivity contribution in [3.63, 3.8) is 0 Å². The Labute approximate surface area is 143 Å². The molecule has 4 rings (SSSR count). The number of benzene rings is 2. The van der Waals surface area contributed by atoms with Gasteiger partial charge >= 0.3 is 0 Å². The van der Waals surface area contributed by atoms with E-state index in [9.17, 15) is 25.0 Å². The Morgan fingerprint density at radius 3 is 1.54 bits per heavy atom. The van der Waals surface area contributed by atoms with Gasteiger partial charge in [-0.1, -0.05) is 0 Å². The molecule has 2 aromatic heterocycles. The van der Waals surface area contributed by atoms with E-state index in [1.807, 2.05) is 0 Å². The summed E-state index contributed by atoms with van der Waals surface area (Å²) in [7, 11) is 0. The van der Waals surface area contributed by atoms with Crippen LogP contribution in [-0.4, -0.2) is 15.6 Å². The smallest absolute Gasteiger partial charge is 0.270 e. The van der Waals surface area contributed by atoms with Crippen LogP contribution in [-0.2, 0) is 0 Å². The van der Waals surface area contributed by atoms with Gasteiger partial charge < -0.3 is 8.83 Å². The molecule has 0 bridgehead atoms. The van der Waals surface area contributed by atoms with Crippen LogP contribution in [0.2, 0.25) is 0 Å². The molecule has 9 heteroatoms. The van der Waals surface area contributed by atoms with E-state index in [2.05, 4.69) is 0 Å². The molecule has 2 aromatic carbocycles. The van der Waals surface area contributed by atoms with Crippen LogP contribution in [0.3, 0.4) is 0 Å². The molecule has 0 fully saturated rings. The fourth-order valence-electron chi connectivity index (χ4n) is 2.63. The third kappa shape index (κ3) is 2.47. The number of ketones is 1. The maximum atomic E-state index is 12.6. The fourth-order valence-corrected chi connectivity index (χ4v) is 2.63. The van der Waals surface area contributed by atoms with Gasteiger partial charge in [-0.25, -0.2) is 0 Å². The van der Waals surface area contributed by atoms with Crippen molar-refractivity contribution in [2.45, 2.75) is 0 Å². The third-order valence-corrected chi connectivity index (χ3v) is 3.87. The molecule has 128 valence electrons. The van der Waals surface area contributed by atoms with Crippen molar-refractivity contribution >= 4 is 39.1 Å². The first-order valence-electron chi connectivity index (χ1n) is 7.33. The van der Waals surface area contributed by atoms with Crippen molar-refractivity contribution in [3.8, 4) is 0 Å². The predicted molar refractivity (Wildman–Crippen MR) is 89.2 cm³/mol. The number of fused-ring (bicyclic) bond motifs is 2. The number of nitro groups is 2. The fraction of sp³-hybridized carbons (Fsp3) is 0. The summed E-state index contributed by atoms with van der Waals surface area (Å²) in [5.74, 6) is -0.661. The van der Waals surface area contributed by atoms with Crippen molar-refractivity contribution in [1.29, 1.82) is 0 Å². The van der Waals surface area contributed by atoms with Crippen LogP contribution < -0.4 is 0 Å². The van der Waals surface area contributed by atoms with E-state index in [-0.39, 0.29) is 22.9 Å². The lowest BCUT2D eigenvalue weighted by atomic mass is 10.2. The first-order valence-corrected chi connectivity index (χ1v) is 7.33. The van der Waals surface area contributed by atoms with Crippen molar-refractivity contribution in [2.75, 3.05) is 0 Å². The number of carbonyl (C=O) groups excluding carboxylic acids is 1. The lowest BCUT2D eigenvalue weighted by Crippen LogP contribution is -1.96. The van der Waals surface area contributed by atoms with E-state index < -0.39 is 15.6 Å². The standard InChI is InChI=1S/C17H8N2O7/c20-17(15-7-9-5-11(18(21)22)1-3-13(9)25-15)16-8-10-6-12(19(23)24)2-4-14(10)26-16/h1-8H. The SMILES string of the molecule is O=C(c1cc2cc([N+](=O)[O-])ccc2o1)c1cc2cc([N+](=O)[O-])ccc2o1. The molecule has 9 nitrogen and oxygen atoms in total. The average molecular weight is 352 g/mol. The highest BCUT2D eigenvalue weighted by Gasteiger charge is 2.21. The lowest BCUT2D eigenvalue weighted by molar-refractivity contribution is -0.384. The summed E-state index contributed by atoms with van der Waals surface area (Å²) in [6.45, 7) is 0. The number of nitrogens with zero attached hydrogens (tertiary/aromatic N) is 2. The van der Waals surface area contributed by atoms with E-state index in [0.717, 1.165) is 0 Å². The molecule has 4 aromatic rings. The molecular formula is C17H8N2O7. The van der Waals surface area contributed by atoms with Crippen LogP contribution in [0.5, 0.6) is 0 Å². The van der Waals surface area contributed by atoms with Gasteiger partial charge in [-0.15, -0.1) is 0 Å². The van der Waals surface area contributed by atoms with Crippen LogP contribution in [0, 0.1) is 20.2 Å². The van der Waals surface area contributed by atoms with Gasteiger partial charge in [0.15, 0.2) is 11.5 Å². The summed E-state index contributed by atoms with van der Waals surface area (Å²) >= 11 is 0. The Morgan fingerprint density at radius 1 is 0.731 bits per heavy atom. The summed E-state index contributed by atoms with van der Waals surface area (Å²) in [6, 6.07) is 10.8. The van der Waals surface area contributed by atoms with E-state index in [1.165, 1.54) is 48.5 Å². The Bertz CT molecular complexity index is 1120. The predicted octanol–water partition coefficient (Wildman–Crippen LogP) is 4.23. The molecule has 0 N–H and O–H groups in total. The van der Waals surface area contributed by atoms with Crippen molar-refractivity contribution < 1.29 is 23.5 Å². The zero-order valence-electron chi connectivity index (χ0n) is 12.9. The molecular weight excluding hydrogens is 344 g/mol. The zero-order chi connectivity index (χ0) is 18.4. The summed E-state index contributed by atoms with van der Waals surface area (Å²) in [5.41, 5.74) is 0.415. The van der Waals surface area contributed by atoms with Gasteiger partial charge in [0.25, 0.3) is 17.2 Å². The second kappa shape index (κ2) is 5.52. The Balaban J connectivity index is 1.75. The van der Waals surface area contributed by atoms with Crippen LogP contribution in [0.4, 0.5) is 11.4 Å². The minimum absolute atomic E-state index is 0.0472. The highest BCUT2D eigenvalue weighted by Crippen LogP contribution is 2.28. The second-order valence-electron chi connectivity index (χ2n) is 5.51. The van der Waals surface area contributed by atoms with Crippen molar-refractivity contribution in [3.05, 3.63) is 80.3 Å². The minimum atomic E-state index is -0.567. The van der Waals surface area contributed by atoms with Gasteiger partial charge in [0.05, 0.1) is 9.85 Å². The molecule has 0 spiro atoms. The maximum Gasteiger partial charge on any atom is 0.270 e. The third-order valence-electron chi connectivity index (χ3n) is 3.87. The zero-order valence-corrected chi connectivity index (χ0v) is 12.9. The first kappa shape index (κ1) is 15.5. The molecule has 2 heterocycles. The van der Waals surface area contributed by atoms with Gasteiger partial charge in [-0.2, -0.15) is 0 Å². The summed E-state index contributed by atoms with van der Waals surface area (Å²) < 4.78 is 10.9. The van der Waals surface area contributed by atoms with Crippen LogP contribution in [0.25, 0.3) is 21.9 Å². The van der Waals surface area contributed by atoms with E-state index in [0.29, 0.717) is 21.9 Å².